The molecule has 0 radical (unpaired) electrons. The largest absolute Gasteiger partial charge is 0.369 e. The standard InChI is InChI=1S/C22H25ClN6O2/c1-12-9-15(23)3-4-16(12)19-17(10-24)13(2)26-22-27-18(11-29(19)22)21(31)28-7-5-14(6-8-28)20(25)30/h3-4,9,11,14H,5-8,10,24H2,1-2H3,(H2,25,30). The van der Waals surface area contributed by atoms with E-state index in [0.717, 1.165) is 28.1 Å². The highest BCUT2D eigenvalue weighted by Gasteiger charge is 2.28. The zero-order valence-corrected chi connectivity index (χ0v) is 18.3. The first-order valence-electron chi connectivity index (χ1n) is 10.2. The number of hydrogen-bond acceptors (Lipinski definition) is 5. The minimum atomic E-state index is -0.309. The molecule has 1 aromatic carbocycles. The molecule has 0 aliphatic carbocycles. The molecule has 9 heteroatoms. The van der Waals surface area contributed by atoms with E-state index in [1.54, 1.807) is 11.1 Å². The molecule has 8 nitrogen and oxygen atoms in total. The number of primary amides is 1. The zero-order chi connectivity index (χ0) is 22.3. The van der Waals surface area contributed by atoms with Crippen molar-refractivity contribution in [1.82, 2.24) is 19.3 Å². The fraction of sp³-hybridized carbons (Fsp3) is 0.364. The highest BCUT2D eigenvalue weighted by molar-refractivity contribution is 6.30. The predicted molar refractivity (Wildman–Crippen MR) is 119 cm³/mol. The predicted octanol–water partition coefficient (Wildman–Crippen LogP) is 2.46. The molecule has 0 unspecified atom stereocenters. The molecule has 1 aliphatic heterocycles. The third kappa shape index (κ3) is 3.88. The van der Waals surface area contributed by atoms with Crippen LogP contribution in [0.15, 0.2) is 24.4 Å². The van der Waals surface area contributed by atoms with E-state index in [0.29, 0.717) is 49.0 Å². The highest BCUT2D eigenvalue weighted by Crippen LogP contribution is 2.31. The van der Waals surface area contributed by atoms with E-state index in [4.69, 9.17) is 23.1 Å². The summed E-state index contributed by atoms with van der Waals surface area (Å²) in [6.07, 6.45) is 2.85. The van der Waals surface area contributed by atoms with Gasteiger partial charge in [-0.25, -0.2) is 9.97 Å². The second-order valence-corrected chi connectivity index (χ2v) is 8.39. The van der Waals surface area contributed by atoms with Crippen LogP contribution in [0.5, 0.6) is 0 Å². The number of nitrogens with two attached hydrogens (primary N) is 2. The van der Waals surface area contributed by atoms with Crippen molar-refractivity contribution in [3.05, 3.63) is 51.9 Å². The molecule has 162 valence electrons. The number of benzene rings is 1. The van der Waals surface area contributed by atoms with Crippen LogP contribution in [0.1, 0.15) is 40.2 Å². The van der Waals surface area contributed by atoms with Gasteiger partial charge in [-0.2, -0.15) is 0 Å². The number of imidazole rings is 1. The SMILES string of the molecule is Cc1cc(Cl)ccc1-c1c(CN)c(C)nc2nc(C(=O)N3CCC(C(N)=O)CC3)cn12. The molecular formula is C22H25ClN6O2. The van der Waals surface area contributed by atoms with E-state index in [9.17, 15) is 9.59 Å². The number of halogens is 1. The normalized spacial score (nSPS) is 14.9. The van der Waals surface area contributed by atoms with Crippen LogP contribution in [0, 0.1) is 19.8 Å². The molecule has 1 aliphatic rings. The Kier molecular flexibility index (Phi) is 5.68. The van der Waals surface area contributed by atoms with Crippen LogP contribution >= 0.6 is 11.6 Å². The Bertz CT molecular complexity index is 1180. The summed E-state index contributed by atoms with van der Waals surface area (Å²) in [4.78, 5) is 35.3. The molecule has 31 heavy (non-hydrogen) atoms. The van der Waals surface area contributed by atoms with Crippen molar-refractivity contribution >= 4 is 29.2 Å². The molecule has 2 amide bonds. The maximum atomic E-state index is 13.1. The molecular weight excluding hydrogens is 416 g/mol. The van der Waals surface area contributed by atoms with Crippen molar-refractivity contribution in [1.29, 1.82) is 0 Å². The molecule has 0 atom stereocenters. The Morgan fingerprint density at radius 1 is 1.19 bits per heavy atom. The fourth-order valence-corrected chi connectivity index (χ4v) is 4.44. The Morgan fingerprint density at radius 2 is 1.90 bits per heavy atom. The van der Waals surface area contributed by atoms with E-state index in [1.165, 1.54) is 0 Å². The molecule has 4 rings (SSSR count). The summed E-state index contributed by atoms with van der Waals surface area (Å²) >= 11 is 6.15. The van der Waals surface area contributed by atoms with E-state index in [1.807, 2.05) is 36.4 Å². The number of nitrogens with zero attached hydrogens (tertiary/aromatic N) is 4. The third-order valence-corrected chi connectivity index (χ3v) is 6.20. The zero-order valence-electron chi connectivity index (χ0n) is 17.6. The van der Waals surface area contributed by atoms with E-state index >= 15 is 0 Å². The first-order valence-corrected chi connectivity index (χ1v) is 10.6. The Balaban J connectivity index is 1.77. The molecule has 0 bridgehead atoms. The van der Waals surface area contributed by atoms with Gasteiger partial charge >= 0.3 is 0 Å². The third-order valence-electron chi connectivity index (χ3n) is 5.97. The number of carbonyl (C=O) groups is 2. The van der Waals surface area contributed by atoms with Gasteiger partial charge in [-0.05, 0) is 44.4 Å². The van der Waals surface area contributed by atoms with Crippen molar-refractivity contribution in [3.63, 3.8) is 0 Å². The molecule has 1 saturated heterocycles. The van der Waals surface area contributed by atoms with Crippen molar-refractivity contribution < 1.29 is 9.59 Å². The highest BCUT2D eigenvalue weighted by atomic mass is 35.5. The summed E-state index contributed by atoms with van der Waals surface area (Å²) in [6, 6.07) is 5.67. The van der Waals surface area contributed by atoms with Gasteiger partial charge in [0.2, 0.25) is 11.7 Å². The second-order valence-electron chi connectivity index (χ2n) is 7.95. The maximum absolute atomic E-state index is 13.1. The summed E-state index contributed by atoms with van der Waals surface area (Å²) in [6.45, 7) is 5.12. The quantitative estimate of drug-likeness (QED) is 0.645. The minimum absolute atomic E-state index is 0.180. The molecule has 4 N–H and O–H groups in total. The van der Waals surface area contributed by atoms with Crippen molar-refractivity contribution in [2.45, 2.75) is 33.2 Å². The first-order chi connectivity index (χ1) is 14.8. The first kappa shape index (κ1) is 21.3. The Morgan fingerprint density at radius 3 is 2.52 bits per heavy atom. The lowest BCUT2D eigenvalue weighted by atomic mass is 9.96. The summed E-state index contributed by atoms with van der Waals surface area (Å²) in [7, 11) is 0. The van der Waals surface area contributed by atoms with Crippen LogP contribution in [0.4, 0.5) is 0 Å². The van der Waals surface area contributed by atoms with Gasteiger partial charge in [0.1, 0.15) is 5.69 Å². The topological polar surface area (TPSA) is 120 Å². The van der Waals surface area contributed by atoms with Crippen molar-refractivity contribution in [2.24, 2.45) is 17.4 Å². The molecule has 2 aromatic heterocycles. The van der Waals surface area contributed by atoms with Crippen molar-refractivity contribution in [2.75, 3.05) is 13.1 Å². The number of hydrogen-bond donors (Lipinski definition) is 2. The van der Waals surface area contributed by atoms with Gasteiger partial charge in [0.25, 0.3) is 5.91 Å². The van der Waals surface area contributed by atoms with Crippen LogP contribution in [-0.2, 0) is 11.3 Å². The van der Waals surface area contributed by atoms with Crippen LogP contribution in [0.2, 0.25) is 5.02 Å². The van der Waals surface area contributed by atoms with Gasteiger partial charge in [-0.15, -0.1) is 0 Å². The molecule has 3 heterocycles. The minimum Gasteiger partial charge on any atom is -0.369 e. The number of aryl methyl sites for hydroxylation is 2. The van der Waals surface area contributed by atoms with Gasteiger partial charge in [0.05, 0.1) is 5.69 Å². The van der Waals surface area contributed by atoms with Gasteiger partial charge in [-0.3, -0.25) is 14.0 Å². The van der Waals surface area contributed by atoms with Crippen LogP contribution in [-0.4, -0.2) is 44.2 Å². The lowest BCUT2D eigenvalue weighted by molar-refractivity contribution is -0.123. The lowest BCUT2D eigenvalue weighted by Gasteiger charge is -2.29. The summed E-state index contributed by atoms with van der Waals surface area (Å²) in [5, 5.41) is 0.651. The number of rotatable bonds is 4. The van der Waals surface area contributed by atoms with E-state index in [-0.39, 0.29) is 17.7 Å². The smallest absolute Gasteiger partial charge is 0.274 e. The average Bonchev–Trinajstić information content (AvgIpc) is 3.16. The summed E-state index contributed by atoms with van der Waals surface area (Å²) in [5.74, 6) is -0.230. The summed E-state index contributed by atoms with van der Waals surface area (Å²) in [5.41, 5.74) is 16.2. The Hall–Kier alpha value is -2.97. The van der Waals surface area contributed by atoms with Gasteiger partial charge in [0, 0.05) is 53.6 Å². The number of piperidine rings is 1. The van der Waals surface area contributed by atoms with Gasteiger partial charge in [-0.1, -0.05) is 17.7 Å². The molecule has 1 fully saturated rings. The van der Waals surface area contributed by atoms with Crippen LogP contribution in [0.25, 0.3) is 17.0 Å². The maximum Gasteiger partial charge on any atom is 0.274 e. The van der Waals surface area contributed by atoms with Crippen molar-refractivity contribution in [3.8, 4) is 11.3 Å². The molecule has 0 saturated carbocycles. The number of carbonyl (C=O) groups excluding carboxylic acids is 2. The van der Waals surface area contributed by atoms with E-state index < -0.39 is 0 Å². The lowest BCUT2D eigenvalue weighted by Crippen LogP contribution is -2.41. The van der Waals surface area contributed by atoms with Gasteiger partial charge < -0.3 is 16.4 Å². The summed E-state index contributed by atoms with van der Waals surface area (Å²) < 4.78 is 1.83. The average molecular weight is 441 g/mol. The number of aromatic nitrogens is 3. The second kappa shape index (κ2) is 8.28. The van der Waals surface area contributed by atoms with Crippen LogP contribution < -0.4 is 11.5 Å². The number of likely N-dealkylation sites (tertiary alicyclic amines) is 1. The number of amides is 2. The Labute approximate surface area is 185 Å². The molecule has 0 spiro atoms. The van der Waals surface area contributed by atoms with E-state index in [2.05, 4.69) is 9.97 Å². The fourth-order valence-electron chi connectivity index (χ4n) is 4.21. The van der Waals surface area contributed by atoms with Crippen LogP contribution in [0.3, 0.4) is 0 Å². The number of fused-ring (bicyclic) bond motifs is 1. The molecule has 3 aromatic rings. The van der Waals surface area contributed by atoms with Gasteiger partial charge in [0.15, 0.2) is 0 Å². The monoisotopic (exact) mass is 440 g/mol.